The van der Waals surface area contributed by atoms with Gasteiger partial charge in [-0.3, -0.25) is 14.2 Å². The van der Waals surface area contributed by atoms with Crippen molar-refractivity contribution in [2.45, 2.75) is 25.8 Å². The summed E-state index contributed by atoms with van der Waals surface area (Å²) in [5.74, 6) is -0.784. The highest BCUT2D eigenvalue weighted by molar-refractivity contribution is 5.94. The molecular weight excluding hydrogens is 364 g/mol. The molecule has 0 aliphatic heterocycles. The van der Waals surface area contributed by atoms with Crippen molar-refractivity contribution in [3.05, 3.63) is 65.7 Å². The number of fused-ring (bicyclic) bond motifs is 1. The quantitative estimate of drug-likeness (QED) is 0.560. The maximum absolute atomic E-state index is 14.5. The smallest absolute Gasteiger partial charge is 0.270 e. The van der Waals surface area contributed by atoms with Crippen LogP contribution < -0.4 is 10.1 Å². The summed E-state index contributed by atoms with van der Waals surface area (Å²) in [5, 5.41) is 2.67. The maximum Gasteiger partial charge on any atom is 0.270 e. The van der Waals surface area contributed by atoms with Gasteiger partial charge in [0.15, 0.2) is 11.6 Å². The van der Waals surface area contributed by atoms with E-state index in [1.165, 1.54) is 6.07 Å². The van der Waals surface area contributed by atoms with Gasteiger partial charge in [-0.2, -0.15) is 0 Å². The normalized spacial score (nSPS) is 10.8. The van der Waals surface area contributed by atoms with E-state index in [4.69, 9.17) is 4.74 Å². The highest BCUT2D eigenvalue weighted by Crippen LogP contribution is 2.21. The second-order valence-corrected chi connectivity index (χ2v) is 6.25. The van der Waals surface area contributed by atoms with Crippen LogP contribution in [0, 0.1) is 5.82 Å². The predicted octanol–water partition coefficient (Wildman–Crippen LogP) is 4.22. The number of nitrogens with one attached hydrogen (secondary N) is 1. The van der Waals surface area contributed by atoms with Crippen molar-refractivity contribution in [1.82, 2.24) is 15.3 Å². The van der Waals surface area contributed by atoms with Crippen LogP contribution in [0.15, 0.2) is 48.7 Å². The minimum atomic E-state index is -0.510. The van der Waals surface area contributed by atoms with E-state index >= 15 is 0 Å². The Balaban J connectivity index is 1.60. The van der Waals surface area contributed by atoms with E-state index in [1.807, 2.05) is 0 Å². The zero-order chi connectivity index (χ0) is 19.8. The Hall–Kier alpha value is -3.09. The third-order valence-electron chi connectivity index (χ3n) is 4.21. The number of pyridine rings is 2. The van der Waals surface area contributed by atoms with Crippen LogP contribution in [0.25, 0.3) is 11.0 Å². The Morgan fingerprint density at radius 1 is 1.04 bits per heavy atom. The molecule has 1 N–H and O–H groups in total. The Labute approximate surface area is 161 Å². The molecule has 1 amide bonds. The Morgan fingerprint density at radius 2 is 1.93 bits per heavy atom. The molecule has 0 fully saturated rings. The first kappa shape index (κ1) is 19.7. The average Bonchev–Trinajstić information content (AvgIpc) is 2.73. The Bertz CT molecular complexity index is 950. The van der Waals surface area contributed by atoms with Gasteiger partial charge < -0.3 is 10.1 Å². The standard InChI is InChI=1S/C21H21F2N3O2/c22-11-2-1-3-13-28-19-8-4-6-15(20(19)23)14-25-21(27)18-10-9-16-17(26-18)7-5-12-24-16/h4-10,12H,1-3,11,13-14H2,(H,25,27). The van der Waals surface area contributed by atoms with Crippen molar-refractivity contribution in [3.8, 4) is 5.75 Å². The molecule has 2 aromatic heterocycles. The highest BCUT2D eigenvalue weighted by Gasteiger charge is 2.12. The Kier molecular flexibility index (Phi) is 6.84. The summed E-state index contributed by atoms with van der Waals surface area (Å²) in [7, 11) is 0. The fourth-order valence-corrected chi connectivity index (χ4v) is 2.71. The molecule has 146 valence electrons. The third-order valence-corrected chi connectivity index (χ3v) is 4.21. The number of hydrogen-bond donors (Lipinski definition) is 1. The fourth-order valence-electron chi connectivity index (χ4n) is 2.71. The molecule has 28 heavy (non-hydrogen) atoms. The first-order valence-corrected chi connectivity index (χ1v) is 9.15. The van der Waals surface area contributed by atoms with E-state index in [2.05, 4.69) is 15.3 Å². The summed E-state index contributed by atoms with van der Waals surface area (Å²) < 4.78 is 32.1. The summed E-state index contributed by atoms with van der Waals surface area (Å²) in [5.41, 5.74) is 1.86. The van der Waals surface area contributed by atoms with E-state index < -0.39 is 11.7 Å². The molecule has 0 unspecified atom stereocenters. The second kappa shape index (κ2) is 9.73. The average molecular weight is 385 g/mol. The number of rotatable bonds is 9. The van der Waals surface area contributed by atoms with Crippen LogP contribution >= 0.6 is 0 Å². The van der Waals surface area contributed by atoms with Gasteiger partial charge in [-0.15, -0.1) is 0 Å². The molecule has 0 aliphatic carbocycles. The molecule has 0 bridgehead atoms. The van der Waals surface area contributed by atoms with Gasteiger partial charge in [0.25, 0.3) is 5.91 Å². The molecule has 0 saturated carbocycles. The van der Waals surface area contributed by atoms with Crippen LogP contribution in [0.3, 0.4) is 0 Å². The van der Waals surface area contributed by atoms with Gasteiger partial charge in [-0.05, 0) is 49.6 Å². The molecule has 2 heterocycles. The SMILES string of the molecule is O=C(NCc1cccc(OCCCCCF)c1F)c1ccc2ncccc2n1. The molecule has 1 aromatic carbocycles. The van der Waals surface area contributed by atoms with Crippen molar-refractivity contribution >= 4 is 16.9 Å². The summed E-state index contributed by atoms with van der Waals surface area (Å²) in [6, 6.07) is 11.6. The number of carbonyl (C=O) groups excluding carboxylic acids is 1. The van der Waals surface area contributed by atoms with E-state index in [9.17, 15) is 13.6 Å². The number of hydrogen-bond acceptors (Lipinski definition) is 4. The molecule has 0 atom stereocenters. The van der Waals surface area contributed by atoms with Gasteiger partial charge in [-0.25, -0.2) is 9.37 Å². The fraction of sp³-hybridized carbons (Fsp3) is 0.286. The van der Waals surface area contributed by atoms with Gasteiger partial charge in [0.2, 0.25) is 0 Å². The number of benzene rings is 1. The van der Waals surface area contributed by atoms with Gasteiger partial charge in [0.05, 0.1) is 24.3 Å². The van der Waals surface area contributed by atoms with E-state index in [0.717, 1.165) is 0 Å². The highest BCUT2D eigenvalue weighted by atomic mass is 19.1. The van der Waals surface area contributed by atoms with Gasteiger partial charge >= 0.3 is 0 Å². The lowest BCUT2D eigenvalue weighted by atomic mass is 10.2. The third kappa shape index (κ3) is 5.00. The molecular formula is C21H21F2N3O2. The van der Waals surface area contributed by atoms with Crippen LogP contribution in [-0.4, -0.2) is 29.2 Å². The lowest BCUT2D eigenvalue weighted by Gasteiger charge is -2.11. The zero-order valence-electron chi connectivity index (χ0n) is 15.3. The number of carbonyl (C=O) groups is 1. The second-order valence-electron chi connectivity index (χ2n) is 6.25. The van der Waals surface area contributed by atoms with Crippen LogP contribution in [0.4, 0.5) is 8.78 Å². The predicted molar refractivity (Wildman–Crippen MR) is 102 cm³/mol. The van der Waals surface area contributed by atoms with Crippen LogP contribution in [-0.2, 0) is 6.54 Å². The van der Waals surface area contributed by atoms with Crippen molar-refractivity contribution in [1.29, 1.82) is 0 Å². The van der Waals surface area contributed by atoms with Gasteiger partial charge in [0, 0.05) is 18.3 Å². The van der Waals surface area contributed by atoms with Crippen molar-refractivity contribution in [2.75, 3.05) is 13.3 Å². The molecule has 0 aliphatic rings. The number of alkyl halides is 1. The van der Waals surface area contributed by atoms with Crippen LogP contribution in [0.5, 0.6) is 5.75 Å². The minimum absolute atomic E-state index is 0.0104. The first-order valence-electron chi connectivity index (χ1n) is 9.15. The monoisotopic (exact) mass is 385 g/mol. The summed E-state index contributed by atoms with van der Waals surface area (Å²) in [4.78, 5) is 20.8. The van der Waals surface area contributed by atoms with E-state index in [-0.39, 0.29) is 24.7 Å². The van der Waals surface area contributed by atoms with Crippen molar-refractivity contribution in [3.63, 3.8) is 0 Å². The van der Waals surface area contributed by atoms with Gasteiger partial charge in [-0.1, -0.05) is 12.1 Å². The molecule has 7 heteroatoms. The molecule has 3 aromatic rings. The van der Waals surface area contributed by atoms with Crippen molar-refractivity contribution in [2.24, 2.45) is 0 Å². The van der Waals surface area contributed by atoms with Crippen molar-refractivity contribution < 1.29 is 18.3 Å². The number of amides is 1. The summed E-state index contributed by atoms with van der Waals surface area (Å²) in [6.07, 6.45) is 3.49. The maximum atomic E-state index is 14.5. The van der Waals surface area contributed by atoms with E-state index in [1.54, 1.807) is 42.6 Å². The van der Waals surface area contributed by atoms with Gasteiger partial charge in [0.1, 0.15) is 5.69 Å². The lowest BCUT2D eigenvalue weighted by Crippen LogP contribution is -2.24. The zero-order valence-corrected chi connectivity index (χ0v) is 15.3. The Morgan fingerprint density at radius 3 is 2.79 bits per heavy atom. The largest absolute Gasteiger partial charge is 0.491 e. The number of halogens is 2. The molecule has 5 nitrogen and oxygen atoms in total. The van der Waals surface area contributed by atoms with Crippen LogP contribution in [0.2, 0.25) is 0 Å². The molecule has 0 radical (unpaired) electrons. The number of aromatic nitrogens is 2. The molecule has 0 saturated heterocycles. The topological polar surface area (TPSA) is 64.1 Å². The van der Waals surface area contributed by atoms with Crippen LogP contribution in [0.1, 0.15) is 35.3 Å². The number of ether oxygens (including phenoxy) is 1. The lowest BCUT2D eigenvalue weighted by molar-refractivity contribution is 0.0946. The summed E-state index contributed by atoms with van der Waals surface area (Å²) in [6.45, 7) is -0.0234. The summed E-state index contributed by atoms with van der Waals surface area (Å²) >= 11 is 0. The molecule has 0 spiro atoms. The molecule has 3 rings (SSSR count). The minimum Gasteiger partial charge on any atom is -0.491 e. The first-order chi connectivity index (χ1) is 13.7. The number of unbranched alkanes of at least 4 members (excludes halogenated alkanes) is 2. The van der Waals surface area contributed by atoms with E-state index in [0.29, 0.717) is 42.5 Å². The number of nitrogens with zero attached hydrogens (tertiary/aromatic N) is 2.